The highest BCUT2D eigenvalue weighted by atomic mass is 16.2. The number of nitrogen functional groups attached to an aromatic ring is 1. The highest BCUT2D eigenvalue weighted by Gasteiger charge is 2.34. The molecule has 1 fully saturated rings. The lowest BCUT2D eigenvalue weighted by atomic mass is 10.1. The van der Waals surface area contributed by atoms with E-state index in [0.29, 0.717) is 6.54 Å². The molecule has 0 aromatic heterocycles. The normalized spacial score (nSPS) is 14.4. The molecule has 2 rings (SSSR count). The van der Waals surface area contributed by atoms with Crippen LogP contribution in [-0.4, -0.2) is 30.9 Å². The summed E-state index contributed by atoms with van der Waals surface area (Å²) in [6.07, 6.45) is 2.08. The van der Waals surface area contributed by atoms with Gasteiger partial charge in [-0.3, -0.25) is 4.79 Å². The van der Waals surface area contributed by atoms with E-state index in [1.54, 1.807) is 0 Å². The monoisotopic (exact) mass is 275 g/mol. The second kappa shape index (κ2) is 5.73. The molecule has 0 aliphatic heterocycles. The topological polar surface area (TPSA) is 49.6 Å². The maximum atomic E-state index is 12.4. The summed E-state index contributed by atoms with van der Waals surface area (Å²) in [5, 5.41) is 0. The van der Waals surface area contributed by atoms with Crippen molar-refractivity contribution < 1.29 is 4.79 Å². The minimum absolute atomic E-state index is 0.208. The van der Waals surface area contributed by atoms with Gasteiger partial charge < -0.3 is 15.5 Å². The van der Waals surface area contributed by atoms with Crippen LogP contribution in [0.2, 0.25) is 0 Å². The van der Waals surface area contributed by atoms with Gasteiger partial charge in [0.05, 0.1) is 0 Å². The van der Waals surface area contributed by atoms with E-state index < -0.39 is 0 Å². The molecule has 0 unspecified atom stereocenters. The molecule has 0 saturated heterocycles. The summed E-state index contributed by atoms with van der Waals surface area (Å²) >= 11 is 0. The molecule has 0 atom stereocenters. The number of amides is 1. The minimum atomic E-state index is 0.208. The van der Waals surface area contributed by atoms with E-state index in [1.807, 2.05) is 37.2 Å². The predicted molar refractivity (Wildman–Crippen MR) is 83.6 cm³/mol. The van der Waals surface area contributed by atoms with E-state index >= 15 is 0 Å². The third-order valence-electron chi connectivity index (χ3n) is 3.76. The molecule has 0 bridgehead atoms. The van der Waals surface area contributed by atoms with E-state index in [2.05, 4.69) is 18.7 Å². The van der Waals surface area contributed by atoms with Gasteiger partial charge in [-0.2, -0.15) is 0 Å². The van der Waals surface area contributed by atoms with Crippen LogP contribution >= 0.6 is 0 Å². The number of hydrogen-bond acceptors (Lipinski definition) is 3. The van der Waals surface area contributed by atoms with Crippen molar-refractivity contribution in [2.45, 2.75) is 39.3 Å². The fourth-order valence-corrected chi connectivity index (χ4v) is 2.43. The molecular weight excluding hydrogens is 250 g/mol. The van der Waals surface area contributed by atoms with E-state index in [9.17, 15) is 4.79 Å². The number of nitrogens with two attached hydrogens (primary N) is 1. The molecule has 4 heteroatoms. The van der Waals surface area contributed by atoms with Gasteiger partial charge in [0.1, 0.15) is 0 Å². The molecule has 20 heavy (non-hydrogen) atoms. The number of anilines is 2. The molecular formula is C16H25N3O. The number of carbonyl (C=O) groups is 1. The van der Waals surface area contributed by atoms with E-state index in [1.165, 1.54) is 0 Å². The molecule has 0 spiro atoms. The average molecular weight is 275 g/mol. The summed E-state index contributed by atoms with van der Waals surface area (Å²) in [4.78, 5) is 16.4. The Bertz CT molecular complexity index is 492. The van der Waals surface area contributed by atoms with Crippen molar-refractivity contribution in [3.05, 3.63) is 23.8 Å². The Hall–Kier alpha value is -1.71. The molecule has 0 radical (unpaired) electrons. The third-order valence-corrected chi connectivity index (χ3v) is 3.76. The third kappa shape index (κ3) is 3.24. The zero-order valence-corrected chi connectivity index (χ0v) is 12.9. The molecule has 1 aliphatic carbocycles. The molecule has 1 amide bonds. The van der Waals surface area contributed by atoms with Crippen LogP contribution in [0.5, 0.6) is 0 Å². The molecule has 1 aromatic carbocycles. The maximum Gasteiger partial charge on any atom is 0.226 e. The van der Waals surface area contributed by atoms with Gasteiger partial charge in [0.25, 0.3) is 0 Å². The van der Waals surface area contributed by atoms with Gasteiger partial charge in [-0.25, -0.2) is 0 Å². The fourth-order valence-electron chi connectivity index (χ4n) is 2.43. The van der Waals surface area contributed by atoms with Crippen LogP contribution < -0.4 is 10.6 Å². The summed E-state index contributed by atoms with van der Waals surface area (Å²) in [5.41, 5.74) is 8.88. The zero-order valence-electron chi connectivity index (χ0n) is 12.9. The zero-order chi connectivity index (χ0) is 14.9. The smallest absolute Gasteiger partial charge is 0.226 e. The van der Waals surface area contributed by atoms with Crippen molar-refractivity contribution in [3.63, 3.8) is 0 Å². The van der Waals surface area contributed by atoms with Gasteiger partial charge in [-0.05, 0) is 50.5 Å². The van der Waals surface area contributed by atoms with Crippen LogP contribution in [0.15, 0.2) is 18.2 Å². The summed E-state index contributed by atoms with van der Waals surface area (Å²) in [6, 6.07) is 6.11. The lowest BCUT2D eigenvalue weighted by Gasteiger charge is -2.29. The SMILES string of the molecule is CC(C)N(Cc1cc(N)ccc1N(C)C)C(=O)C1CC1. The number of benzene rings is 1. The van der Waals surface area contributed by atoms with Crippen molar-refractivity contribution in [1.29, 1.82) is 0 Å². The van der Waals surface area contributed by atoms with Crippen LogP contribution in [0, 0.1) is 5.92 Å². The van der Waals surface area contributed by atoms with Crippen molar-refractivity contribution in [2.24, 2.45) is 5.92 Å². The Labute approximate surface area is 121 Å². The van der Waals surface area contributed by atoms with Crippen molar-refractivity contribution in [1.82, 2.24) is 4.90 Å². The molecule has 1 saturated carbocycles. The Kier molecular flexibility index (Phi) is 4.21. The molecule has 2 N–H and O–H groups in total. The van der Waals surface area contributed by atoms with Crippen LogP contribution in [0.25, 0.3) is 0 Å². The number of hydrogen-bond donors (Lipinski definition) is 1. The van der Waals surface area contributed by atoms with Gasteiger partial charge in [0.15, 0.2) is 0 Å². The maximum absolute atomic E-state index is 12.4. The fraction of sp³-hybridized carbons (Fsp3) is 0.562. The molecule has 1 aromatic rings. The Morgan fingerprint density at radius 3 is 2.50 bits per heavy atom. The first kappa shape index (κ1) is 14.7. The lowest BCUT2D eigenvalue weighted by molar-refractivity contribution is -0.134. The molecule has 0 heterocycles. The summed E-state index contributed by atoms with van der Waals surface area (Å²) < 4.78 is 0. The van der Waals surface area contributed by atoms with Crippen molar-refractivity contribution >= 4 is 17.3 Å². The summed E-state index contributed by atoms with van der Waals surface area (Å²) in [6.45, 7) is 4.77. The van der Waals surface area contributed by atoms with Crippen LogP contribution in [0.3, 0.4) is 0 Å². The standard InChI is InChI=1S/C16H25N3O/c1-11(2)19(16(20)12-5-6-12)10-13-9-14(17)7-8-15(13)18(3)4/h7-9,11-12H,5-6,10,17H2,1-4H3. The molecule has 1 aliphatic rings. The summed E-state index contributed by atoms with van der Waals surface area (Å²) in [5.74, 6) is 0.536. The largest absolute Gasteiger partial charge is 0.399 e. The summed E-state index contributed by atoms with van der Waals surface area (Å²) in [7, 11) is 4.02. The van der Waals surface area contributed by atoms with E-state index in [0.717, 1.165) is 29.8 Å². The second-order valence-electron chi connectivity index (χ2n) is 6.12. The van der Waals surface area contributed by atoms with Gasteiger partial charge in [-0.1, -0.05) is 0 Å². The first-order valence-corrected chi connectivity index (χ1v) is 7.26. The van der Waals surface area contributed by atoms with Crippen LogP contribution in [0.1, 0.15) is 32.3 Å². The van der Waals surface area contributed by atoms with E-state index in [-0.39, 0.29) is 17.9 Å². The minimum Gasteiger partial charge on any atom is -0.399 e. The highest BCUT2D eigenvalue weighted by molar-refractivity contribution is 5.81. The number of rotatable bonds is 5. The Balaban J connectivity index is 2.25. The first-order chi connectivity index (χ1) is 9.40. The van der Waals surface area contributed by atoms with Crippen molar-refractivity contribution in [2.75, 3.05) is 24.7 Å². The highest BCUT2D eigenvalue weighted by Crippen LogP contribution is 2.33. The van der Waals surface area contributed by atoms with Gasteiger partial charge >= 0.3 is 0 Å². The van der Waals surface area contributed by atoms with E-state index in [4.69, 9.17) is 5.73 Å². The number of carbonyl (C=O) groups excluding carboxylic acids is 1. The van der Waals surface area contributed by atoms with Gasteiger partial charge in [-0.15, -0.1) is 0 Å². The molecule has 110 valence electrons. The van der Waals surface area contributed by atoms with Crippen molar-refractivity contribution in [3.8, 4) is 0 Å². The van der Waals surface area contributed by atoms with Crippen LogP contribution in [0.4, 0.5) is 11.4 Å². The average Bonchev–Trinajstić information content (AvgIpc) is 3.18. The number of nitrogens with zero attached hydrogens (tertiary/aromatic N) is 2. The Morgan fingerprint density at radius 2 is 2.00 bits per heavy atom. The molecule has 4 nitrogen and oxygen atoms in total. The van der Waals surface area contributed by atoms with Gasteiger partial charge in [0.2, 0.25) is 5.91 Å². The first-order valence-electron chi connectivity index (χ1n) is 7.26. The Morgan fingerprint density at radius 1 is 1.35 bits per heavy atom. The second-order valence-corrected chi connectivity index (χ2v) is 6.12. The van der Waals surface area contributed by atoms with Crippen LogP contribution in [-0.2, 0) is 11.3 Å². The predicted octanol–water partition coefficient (Wildman–Crippen LogP) is 2.48. The lowest BCUT2D eigenvalue weighted by Crippen LogP contribution is -2.37. The quantitative estimate of drug-likeness (QED) is 0.840. The van der Waals surface area contributed by atoms with Gasteiger partial charge in [0, 0.05) is 44.0 Å².